The second kappa shape index (κ2) is 4.66. The first-order valence-electron chi connectivity index (χ1n) is 6.22. The lowest BCUT2D eigenvalue weighted by molar-refractivity contribution is 1.25. The Morgan fingerprint density at radius 3 is 2.67 bits per heavy atom. The van der Waals surface area contributed by atoms with Crippen LogP contribution in [0.25, 0.3) is 11.1 Å². The quantitative estimate of drug-likeness (QED) is 0.673. The van der Waals surface area contributed by atoms with Gasteiger partial charge >= 0.3 is 0 Å². The molecule has 0 aliphatic heterocycles. The standard InChI is InChI=1S/C17H16S/c1-12-10-17(18-2)14-7-5-6-13(11-14)16-9-4-3-8-15(12)16/h3-10H,11H2,1-2H3. The normalized spacial score (nSPS) is 17.7. The first-order chi connectivity index (χ1) is 8.79. The minimum absolute atomic E-state index is 1.05. The highest BCUT2D eigenvalue weighted by Crippen LogP contribution is 2.38. The van der Waals surface area contributed by atoms with E-state index in [4.69, 9.17) is 0 Å². The molecule has 18 heavy (non-hydrogen) atoms. The molecule has 2 aliphatic carbocycles. The van der Waals surface area contributed by atoms with Gasteiger partial charge in [0.15, 0.2) is 0 Å². The van der Waals surface area contributed by atoms with Crippen molar-refractivity contribution in [3.8, 4) is 0 Å². The van der Waals surface area contributed by atoms with Crippen molar-refractivity contribution in [1.29, 1.82) is 0 Å². The summed E-state index contributed by atoms with van der Waals surface area (Å²) in [5.74, 6) is 0. The van der Waals surface area contributed by atoms with E-state index in [1.54, 1.807) is 0 Å². The minimum atomic E-state index is 1.05. The molecule has 1 heteroatoms. The zero-order valence-electron chi connectivity index (χ0n) is 10.7. The van der Waals surface area contributed by atoms with Gasteiger partial charge in [-0.2, -0.15) is 0 Å². The van der Waals surface area contributed by atoms with Gasteiger partial charge in [0.1, 0.15) is 0 Å². The van der Waals surface area contributed by atoms with Crippen molar-refractivity contribution >= 4 is 22.9 Å². The molecule has 2 aliphatic rings. The summed E-state index contributed by atoms with van der Waals surface area (Å²) >= 11 is 1.84. The highest BCUT2D eigenvalue weighted by atomic mass is 32.2. The Labute approximate surface area is 113 Å². The highest BCUT2D eigenvalue weighted by Gasteiger charge is 2.16. The van der Waals surface area contributed by atoms with Crippen LogP contribution in [0, 0.1) is 0 Å². The number of rotatable bonds is 1. The van der Waals surface area contributed by atoms with Gasteiger partial charge in [-0.1, -0.05) is 42.5 Å². The lowest BCUT2D eigenvalue weighted by atomic mass is 9.86. The number of fused-ring (bicyclic) bond motifs is 4. The molecule has 0 nitrogen and oxygen atoms in total. The van der Waals surface area contributed by atoms with E-state index in [1.807, 2.05) is 11.8 Å². The molecule has 0 N–H and O–H groups in total. The van der Waals surface area contributed by atoms with Crippen molar-refractivity contribution in [2.24, 2.45) is 0 Å². The highest BCUT2D eigenvalue weighted by molar-refractivity contribution is 8.02. The maximum atomic E-state index is 2.32. The molecule has 0 fully saturated rings. The molecule has 0 radical (unpaired) electrons. The van der Waals surface area contributed by atoms with Crippen molar-refractivity contribution in [2.75, 3.05) is 6.26 Å². The summed E-state index contributed by atoms with van der Waals surface area (Å²) < 4.78 is 0. The van der Waals surface area contributed by atoms with E-state index in [2.05, 4.69) is 61.7 Å². The van der Waals surface area contributed by atoms with E-state index in [1.165, 1.54) is 32.8 Å². The van der Waals surface area contributed by atoms with Gasteiger partial charge in [0.05, 0.1) is 0 Å². The van der Waals surface area contributed by atoms with Crippen LogP contribution in [-0.2, 0) is 0 Å². The summed E-state index contributed by atoms with van der Waals surface area (Å²) in [5, 5.41) is 0. The average Bonchev–Trinajstić information content (AvgIpc) is 2.43. The van der Waals surface area contributed by atoms with E-state index in [0.717, 1.165) is 6.42 Å². The van der Waals surface area contributed by atoms with Gasteiger partial charge in [0.2, 0.25) is 0 Å². The number of hydrogen-bond donors (Lipinski definition) is 0. The first kappa shape index (κ1) is 11.6. The van der Waals surface area contributed by atoms with Crippen molar-refractivity contribution in [2.45, 2.75) is 13.3 Å². The zero-order valence-corrected chi connectivity index (χ0v) is 11.6. The van der Waals surface area contributed by atoms with Crippen LogP contribution >= 0.6 is 11.8 Å². The summed E-state index contributed by atoms with van der Waals surface area (Å²) in [6.45, 7) is 2.21. The molecule has 1 aromatic carbocycles. The summed E-state index contributed by atoms with van der Waals surface area (Å²) in [6.07, 6.45) is 12.2. The van der Waals surface area contributed by atoms with Crippen LogP contribution in [0.15, 0.2) is 59.0 Å². The Kier molecular flexibility index (Phi) is 3.00. The van der Waals surface area contributed by atoms with Gasteiger partial charge in [-0.15, -0.1) is 11.8 Å². The number of hydrogen-bond acceptors (Lipinski definition) is 1. The maximum Gasteiger partial charge on any atom is 0.0107 e. The molecular formula is C17H16S. The third-order valence-corrected chi connectivity index (χ3v) is 4.38. The van der Waals surface area contributed by atoms with Crippen LogP contribution in [0.2, 0.25) is 0 Å². The molecule has 0 aromatic heterocycles. The molecular weight excluding hydrogens is 236 g/mol. The van der Waals surface area contributed by atoms with Crippen molar-refractivity contribution in [1.82, 2.24) is 0 Å². The monoisotopic (exact) mass is 252 g/mol. The summed E-state index contributed by atoms with van der Waals surface area (Å²) in [7, 11) is 0. The maximum absolute atomic E-state index is 2.32. The van der Waals surface area contributed by atoms with Crippen molar-refractivity contribution in [3.63, 3.8) is 0 Å². The lowest BCUT2D eigenvalue weighted by Crippen LogP contribution is -2.00. The van der Waals surface area contributed by atoms with Crippen LogP contribution in [0.1, 0.15) is 24.5 Å². The molecule has 1 aromatic rings. The van der Waals surface area contributed by atoms with E-state index in [0.29, 0.717) is 0 Å². The Morgan fingerprint density at radius 1 is 1.11 bits per heavy atom. The summed E-state index contributed by atoms with van der Waals surface area (Å²) in [5.41, 5.74) is 6.97. The van der Waals surface area contributed by atoms with E-state index in [-0.39, 0.29) is 0 Å². The smallest absolute Gasteiger partial charge is 0.0107 e. The SMILES string of the molecule is CSC1=C2C=CC=C(C2)c2ccccc2C(C)=C1. The van der Waals surface area contributed by atoms with Crippen LogP contribution in [0.3, 0.4) is 0 Å². The molecule has 3 rings (SSSR count). The molecule has 0 heterocycles. The van der Waals surface area contributed by atoms with Gasteiger partial charge in [-0.3, -0.25) is 0 Å². The van der Waals surface area contributed by atoms with Crippen LogP contribution in [0.5, 0.6) is 0 Å². The lowest BCUT2D eigenvalue weighted by Gasteiger charge is -2.21. The second-order valence-electron chi connectivity index (χ2n) is 4.69. The van der Waals surface area contributed by atoms with Gasteiger partial charge in [-0.05, 0) is 53.5 Å². The predicted molar refractivity (Wildman–Crippen MR) is 82.4 cm³/mol. The Hall–Kier alpha value is -1.47. The minimum Gasteiger partial charge on any atom is -0.129 e. The molecule has 0 amide bonds. The Morgan fingerprint density at radius 2 is 1.89 bits per heavy atom. The molecule has 0 spiro atoms. The largest absolute Gasteiger partial charge is 0.129 e. The molecule has 0 saturated heterocycles. The fraction of sp³-hybridized carbons (Fsp3) is 0.176. The van der Waals surface area contributed by atoms with E-state index < -0.39 is 0 Å². The summed E-state index contributed by atoms with van der Waals surface area (Å²) in [4.78, 5) is 1.39. The zero-order chi connectivity index (χ0) is 12.5. The number of allylic oxidation sites excluding steroid dienone is 7. The molecule has 2 bridgehead atoms. The topological polar surface area (TPSA) is 0 Å². The van der Waals surface area contributed by atoms with Crippen LogP contribution < -0.4 is 0 Å². The molecule has 0 unspecified atom stereocenters. The number of benzene rings is 1. The fourth-order valence-corrected chi connectivity index (χ4v) is 3.32. The van der Waals surface area contributed by atoms with Gasteiger partial charge in [-0.25, -0.2) is 0 Å². The number of thioether (sulfide) groups is 1. The van der Waals surface area contributed by atoms with Crippen molar-refractivity contribution < 1.29 is 0 Å². The third-order valence-electron chi connectivity index (χ3n) is 3.56. The second-order valence-corrected chi connectivity index (χ2v) is 5.54. The predicted octanol–water partition coefficient (Wildman–Crippen LogP) is 5.06. The van der Waals surface area contributed by atoms with E-state index in [9.17, 15) is 0 Å². The summed E-state index contributed by atoms with van der Waals surface area (Å²) in [6, 6.07) is 8.72. The van der Waals surface area contributed by atoms with Gasteiger partial charge in [0.25, 0.3) is 0 Å². The average molecular weight is 252 g/mol. The van der Waals surface area contributed by atoms with Gasteiger partial charge in [0, 0.05) is 4.91 Å². The van der Waals surface area contributed by atoms with Crippen molar-refractivity contribution in [3.05, 3.63) is 70.2 Å². The Bertz CT molecular complexity index is 612. The van der Waals surface area contributed by atoms with Crippen LogP contribution in [0.4, 0.5) is 0 Å². The van der Waals surface area contributed by atoms with Gasteiger partial charge < -0.3 is 0 Å². The third kappa shape index (κ3) is 1.89. The Balaban J connectivity index is 2.29. The fourth-order valence-electron chi connectivity index (χ4n) is 2.62. The van der Waals surface area contributed by atoms with Crippen LogP contribution in [-0.4, -0.2) is 6.26 Å². The molecule has 0 atom stereocenters. The van der Waals surface area contributed by atoms with E-state index >= 15 is 0 Å². The first-order valence-corrected chi connectivity index (χ1v) is 7.44. The molecule has 0 saturated carbocycles. The molecule has 90 valence electrons.